The molecule has 2 aliphatic heterocycles. The van der Waals surface area contributed by atoms with Crippen molar-refractivity contribution >= 4 is 23.2 Å². The Kier molecular flexibility index (Phi) is 4.78. The first-order chi connectivity index (χ1) is 10.6. The number of hydrogen-bond acceptors (Lipinski definition) is 4. The molecule has 2 saturated heterocycles. The number of likely N-dealkylation sites (tertiary alicyclic amines) is 2. The number of nitrogens with zero attached hydrogens (tertiary/aromatic N) is 2. The summed E-state index contributed by atoms with van der Waals surface area (Å²) in [4.78, 5) is 28.1. The molecule has 1 N–H and O–H groups in total. The second kappa shape index (κ2) is 6.79. The fraction of sp³-hybridized carbons (Fsp3) is 0.625. The summed E-state index contributed by atoms with van der Waals surface area (Å²) >= 11 is 1.56. The Morgan fingerprint density at radius 2 is 2.05 bits per heavy atom. The number of carbonyl (C=O) groups is 2. The van der Waals surface area contributed by atoms with E-state index in [2.05, 4.69) is 4.90 Å². The molecule has 0 aromatic carbocycles. The van der Waals surface area contributed by atoms with Crippen LogP contribution in [0.1, 0.15) is 31.2 Å². The average molecular weight is 322 g/mol. The van der Waals surface area contributed by atoms with E-state index < -0.39 is 12.0 Å². The highest BCUT2D eigenvalue weighted by Crippen LogP contribution is 2.26. The molecule has 0 saturated carbocycles. The normalized spacial score (nSPS) is 26.3. The largest absolute Gasteiger partial charge is 0.480 e. The van der Waals surface area contributed by atoms with E-state index in [1.807, 2.05) is 16.8 Å². The number of aliphatic carboxylic acids is 1. The van der Waals surface area contributed by atoms with E-state index in [9.17, 15) is 14.7 Å². The standard InChI is InChI=1S/C16H22N2O3S/c19-15(9-12-4-8-22-11-12)18-7-3-13(10-14(18)16(20)21)17-5-1-2-6-17/h4,8,11,13-14H,1-3,5-7,9-10H2,(H,20,21)/t13-,14+/m0/s1. The van der Waals surface area contributed by atoms with Gasteiger partial charge in [-0.15, -0.1) is 0 Å². The van der Waals surface area contributed by atoms with Gasteiger partial charge in [0.05, 0.1) is 6.42 Å². The van der Waals surface area contributed by atoms with Gasteiger partial charge in [-0.25, -0.2) is 4.79 Å². The molecule has 2 aliphatic rings. The Hall–Kier alpha value is -1.40. The third kappa shape index (κ3) is 3.33. The minimum Gasteiger partial charge on any atom is -0.480 e. The second-order valence-electron chi connectivity index (χ2n) is 6.17. The highest BCUT2D eigenvalue weighted by Gasteiger charge is 2.38. The first-order valence-electron chi connectivity index (χ1n) is 7.92. The van der Waals surface area contributed by atoms with Gasteiger partial charge in [-0.05, 0) is 61.2 Å². The third-order valence-corrected chi connectivity index (χ3v) is 5.50. The number of amides is 1. The fourth-order valence-electron chi connectivity index (χ4n) is 3.59. The first-order valence-corrected chi connectivity index (χ1v) is 8.87. The summed E-state index contributed by atoms with van der Waals surface area (Å²) in [6.45, 7) is 2.70. The van der Waals surface area contributed by atoms with Crippen LogP contribution < -0.4 is 0 Å². The lowest BCUT2D eigenvalue weighted by molar-refractivity contribution is -0.153. The summed E-state index contributed by atoms with van der Waals surface area (Å²) in [6, 6.07) is 1.56. The summed E-state index contributed by atoms with van der Waals surface area (Å²) < 4.78 is 0. The van der Waals surface area contributed by atoms with Crippen molar-refractivity contribution in [2.75, 3.05) is 19.6 Å². The molecule has 3 rings (SSSR count). The summed E-state index contributed by atoms with van der Waals surface area (Å²) in [5.41, 5.74) is 0.973. The number of carboxylic acids is 1. The van der Waals surface area contributed by atoms with Crippen LogP contribution in [-0.4, -0.2) is 58.5 Å². The van der Waals surface area contributed by atoms with Crippen molar-refractivity contribution in [2.24, 2.45) is 0 Å². The van der Waals surface area contributed by atoms with Crippen molar-refractivity contribution in [1.29, 1.82) is 0 Å². The zero-order valence-electron chi connectivity index (χ0n) is 12.6. The zero-order valence-corrected chi connectivity index (χ0v) is 13.4. The molecule has 0 bridgehead atoms. The number of rotatable bonds is 4. The lowest BCUT2D eigenvalue weighted by Gasteiger charge is -2.40. The highest BCUT2D eigenvalue weighted by molar-refractivity contribution is 7.08. The van der Waals surface area contributed by atoms with Gasteiger partial charge in [-0.3, -0.25) is 4.79 Å². The van der Waals surface area contributed by atoms with E-state index in [4.69, 9.17) is 0 Å². The van der Waals surface area contributed by atoms with Crippen molar-refractivity contribution in [3.63, 3.8) is 0 Å². The van der Waals surface area contributed by atoms with E-state index >= 15 is 0 Å². The minimum absolute atomic E-state index is 0.0642. The monoisotopic (exact) mass is 322 g/mol. The molecule has 1 aromatic heterocycles. The van der Waals surface area contributed by atoms with E-state index in [1.54, 1.807) is 16.2 Å². The predicted octanol–water partition coefficient (Wildman–Crippen LogP) is 1.83. The quantitative estimate of drug-likeness (QED) is 0.919. The van der Waals surface area contributed by atoms with Gasteiger partial charge < -0.3 is 14.9 Å². The van der Waals surface area contributed by atoms with Crippen molar-refractivity contribution in [1.82, 2.24) is 9.80 Å². The second-order valence-corrected chi connectivity index (χ2v) is 6.95. The lowest BCUT2D eigenvalue weighted by atomic mass is 9.95. The Bertz CT molecular complexity index is 526. The van der Waals surface area contributed by atoms with Crippen molar-refractivity contribution in [2.45, 2.75) is 44.2 Å². The van der Waals surface area contributed by atoms with Gasteiger partial charge in [-0.2, -0.15) is 11.3 Å². The van der Waals surface area contributed by atoms with E-state index in [0.717, 1.165) is 25.1 Å². The number of thiophene rings is 1. The molecule has 0 radical (unpaired) electrons. The SMILES string of the molecule is O=C(O)[C@H]1C[C@@H](N2CCCC2)CCN1C(=O)Cc1ccsc1. The van der Waals surface area contributed by atoms with Gasteiger partial charge in [0.2, 0.25) is 5.91 Å². The molecular formula is C16H22N2O3S. The smallest absolute Gasteiger partial charge is 0.326 e. The zero-order chi connectivity index (χ0) is 15.5. The van der Waals surface area contributed by atoms with Crippen LogP contribution in [0.5, 0.6) is 0 Å². The van der Waals surface area contributed by atoms with Crippen LogP contribution in [0.25, 0.3) is 0 Å². The molecule has 22 heavy (non-hydrogen) atoms. The lowest BCUT2D eigenvalue weighted by Crippen LogP contribution is -2.54. The Morgan fingerprint density at radius 1 is 1.27 bits per heavy atom. The summed E-state index contributed by atoms with van der Waals surface area (Å²) in [7, 11) is 0. The number of hydrogen-bond donors (Lipinski definition) is 1. The fourth-order valence-corrected chi connectivity index (χ4v) is 4.26. The molecule has 2 fully saturated rings. The first kappa shape index (κ1) is 15.5. The molecule has 2 atom stereocenters. The van der Waals surface area contributed by atoms with Crippen molar-refractivity contribution < 1.29 is 14.7 Å². The van der Waals surface area contributed by atoms with Crippen molar-refractivity contribution in [3.05, 3.63) is 22.4 Å². The van der Waals surface area contributed by atoms with Crippen LogP contribution in [-0.2, 0) is 16.0 Å². The van der Waals surface area contributed by atoms with Crippen LogP contribution in [0.3, 0.4) is 0 Å². The Morgan fingerprint density at radius 3 is 2.68 bits per heavy atom. The Balaban J connectivity index is 1.66. The number of carbonyl (C=O) groups excluding carboxylic acids is 1. The van der Waals surface area contributed by atoms with Gasteiger partial charge in [-0.1, -0.05) is 0 Å². The van der Waals surface area contributed by atoms with E-state index in [0.29, 0.717) is 25.4 Å². The van der Waals surface area contributed by atoms with Crippen molar-refractivity contribution in [3.8, 4) is 0 Å². The molecule has 5 nitrogen and oxygen atoms in total. The van der Waals surface area contributed by atoms with Gasteiger partial charge >= 0.3 is 5.97 Å². The van der Waals surface area contributed by atoms with Gasteiger partial charge in [0, 0.05) is 12.6 Å². The molecular weight excluding hydrogens is 300 g/mol. The maximum absolute atomic E-state index is 12.5. The van der Waals surface area contributed by atoms with Crippen LogP contribution in [0.2, 0.25) is 0 Å². The average Bonchev–Trinajstić information content (AvgIpc) is 3.19. The predicted molar refractivity (Wildman–Crippen MR) is 85.0 cm³/mol. The summed E-state index contributed by atoms with van der Waals surface area (Å²) in [5, 5.41) is 13.4. The van der Waals surface area contributed by atoms with Gasteiger partial charge in [0.1, 0.15) is 6.04 Å². The maximum Gasteiger partial charge on any atom is 0.326 e. The van der Waals surface area contributed by atoms with Crippen LogP contribution in [0.4, 0.5) is 0 Å². The minimum atomic E-state index is -0.873. The molecule has 0 aliphatic carbocycles. The molecule has 0 spiro atoms. The summed E-state index contributed by atoms with van der Waals surface area (Å²) in [6.07, 6.45) is 4.16. The molecule has 6 heteroatoms. The molecule has 120 valence electrons. The van der Waals surface area contributed by atoms with Gasteiger partial charge in [0.15, 0.2) is 0 Å². The molecule has 0 unspecified atom stereocenters. The third-order valence-electron chi connectivity index (χ3n) is 4.77. The molecule has 3 heterocycles. The van der Waals surface area contributed by atoms with Crippen LogP contribution in [0.15, 0.2) is 16.8 Å². The summed E-state index contributed by atoms with van der Waals surface area (Å²) in [5.74, 6) is -0.937. The van der Waals surface area contributed by atoms with Crippen LogP contribution >= 0.6 is 11.3 Å². The number of carboxylic acid groups (broad SMARTS) is 1. The van der Waals surface area contributed by atoms with Gasteiger partial charge in [0.25, 0.3) is 0 Å². The molecule has 1 aromatic rings. The topological polar surface area (TPSA) is 60.9 Å². The van der Waals surface area contributed by atoms with Crippen LogP contribution in [0, 0.1) is 0 Å². The Labute approximate surface area is 134 Å². The highest BCUT2D eigenvalue weighted by atomic mass is 32.1. The number of piperidine rings is 1. The molecule has 1 amide bonds. The van der Waals surface area contributed by atoms with E-state index in [1.165, 1.54) is 12.8 Å². The van der Waals surface area contributed by atoms with E-state index in [-0.39, 0.29) is 5.91 Å². The maximum atomic E-state index is 12.5.